The van der Waals surface area contributed by atoms with Crippen molar-refractivity contribution in [2.24, 2.45) is 0 Å². The maximum Gasteiger partial charge on any atom is 0.311 e. The molecule has 0 fully saturated rings. The predicted octanol–water partition coefficient (Wildman–Crippen LogP) is 1.07. The largest absolute Gasteiger partial charge is 0.495 e. The van der Waals surface area contributed by atoms with Crippen LogP contribution in [0.5, 0.6) is 5.75 Å². The van der Waals surface area contributed by atoms with Gasteiger partial charge in [0.2, 0.25) is 0 Å². The van der Waals surface area contributed by atoms with Crippen LogP contribution in [0.3, 0.4) is 0 Å². The van der Waals surface area contributed by atoms with Gasteiger partial charge < -0.3 is 9.47 Å². The Labute approximate surface area is 93.6 Å². The van der Waals surface area contributed by atoms with E-state index in [0.29, 0.717) is 23.6 Å². The van der Waals surface area contributed by atoms with Crippen molar-refractivity contribution in [1.29, 1.82) is 5.26 Å². The van der Waals surface area contributed by atoms with Crippen LogP contribution in [-0.4, -0.2) is 24.7 Å². The molecule has 0 aliphatic carbocycles. The van der Waals surface area contributed by atoms with E-state index in [-0.39, 0.29) is 12.4 Å². The molecule has 5 nitrogen and oxygen atoms in total. The molecular formula is C11H12N2O3. The lowest BCUT2D eigenvalue weighted by molar-refractivity contribution is -0.142. The normalized spacial score (nSPS) is 9.31. The van der Waals surface area contributed by atoms with Crippen molar-refractivity contribution in [2.75, 3.05) is 13.7 Å². The molecule has 0 bridgehead atoms. The molecule has 84 valence electrons. The van der Waals surface area contributed by atoms with E-state index in [2.05, 4.69) is 4.98 Å². The molecule has 0 aliphatic heterocycles. The molecule has 0 N–H and O–H groups in total. The highest BCUT2D eigenvalue weighted by molar-refractivity contribution is 5.72. The quantitative estimate of drug-likeness (QED) is 0.709. The number of aromatic nitrogens is 1. The van der Waals surface area contributed by atoms with Crippen LogP contribution < -0.4 is 4.74 Å². The van der Waals surface area contributed by atoms with Gasteiger partial charge in [-0.05, 0) is 6.92 Å². The zero-order valence-electron chi connectivity index (χ0n) is 9.19. The third-order valence-electron chi connectivity index (χ3n) is 1.89. The summed E-state index contributed by atoms with van der Waals surface area (Å²) in [5.74, 6) is 0.0681. The summed E-state index contributed by atoms with van der Waals surface area (Å²) in [6.07, 6.45) is 1.46. The van der Waals surface area contributed by atoms with Crippen molar-refractivity contribution in [3.63, 3.8) is 0 Å². The Hall–Kier alpha value is -2.09. The Morgan fingerprint density at radius 2 is 2.38 bits per heavy atom. The van der Waals surface area contributed by atoms with Crippen LogP contribution in [0.25, 0.3) is 0 Å². The highest BCUT2D eigenvalue weighted by atomic mass is 16.5. The van der Waals surface area contributed by atoms with Gasteiger partial charge in [0.05, 0.1) is 25.8 Å². The summed E-state index contributed by atoms with van der Waals surface area (Å²) >= 11 is 0. The maximum absolute atomic E-state index is 11.2. The van der Waals surface area contributed by atoms with Crippen molar-refractivity contribution in [2.45, 2.75) is 13.3 Å². The summed E-state index contributed by atoms with van der Waals surface area (Å²) in [4.78, 5) is 15.2. The minimum atomic E-state index is -0.346. The van der Waals surface area contributed by atoms with Crippen molar-refractivity contribution in [3.05, 3.63) is 23.5 Å². The second kappa shape index (κ2) is 5.71. The van der Waals surface area contributed by atoms with E-state index in [4.69, 9.17) is 14.7 Å². The molecule has 0 amide bonds. The van der Waals surface area contributed by atoms with Gasteiger partial charge in [0, 0.05) is 12.3 Å². The standard InChI is InChI=1S/C11H12N2O3/c1-3-16-11(14)5-9-4-10(15-2)8(6-12)7-13-9/h4,7H,3,5H2,1-2H3. The minimum absolute atomic E-state index is 0.0793. The van der Waals surface area contributed by atoms with Crippen molar-refractivity contribution < 1.29 is 14.3 Å². The number of pyridine rings is 1. The lowest BCUT2D eigenvalue weighted by Gasteiger charge is -2.05. The van der Waals surface area contributed by atoms with Gasteiger partial charge in [0.1, 0.15) is 17.4 Å². The number of ether oxygens (including phenoxy) is 2. The van der Waals surface area contributed by atoms with Crippen molar-refractivity contribution in [3.8, 4) is 11.8 Å². The average Bonchev–Trinajstić information content (AvgIpc) is 2.29. The molecule has 1 heterocycles. The van der Waals surface area contributed by atoms with Gasteiger partial charge in [-0.15, -0.1) is 0 Å². The van der Waals surface area contributed by atoms with Gasteiger partial charge in [0.25, 0.3) is 0 Å². The molecule has 0 atom stereocenters. The number of nitriles is 1. The zero-order chi connectivity index (χ0) is 12.0. The molecule has 5 heteroatoms. The number of nitrogens with zero attached hydrogens (tertiary/aromatic N) is 2. The minimum Gasteiger partial charge on any atom is -0.495 e. The average molecular weight is 220 g/mol. The summed E-state index contributed by atoms with van der Waals surface area (Å²) in [5.41, 5.74) is 0.865. The Morgan fingerprint density at radius 1 is 1.62 bits per heavy atom. The van der Waals surface area contributed by atoms with Crippen molar-refractivity contribution in [1.82, 2.24) is 4.98 Å². The Morgan fingerprint density at radius 3 is 2.94 bits per heavy atom. The molecule has 1 rings (SSSR count). The van der Waals surface area contributed by atoms with Gasteiger partial charge in [-0.3, -0.25) is 9.78 Å². The fourth-order valence-corrected chi connectivity index (χ4v) is 1.19. The Bertz CT molecular complexity index is 424. The zero-order valence-corrected chi connectivity index (χ0v) is 9.19. The fourth-order valence-electron chi connectivity index (χ4n) is 1.19. The number of rotatable bonds is 4. The molecule has 0 aromatic carbocycles. The maximum atomic E-state index is 11.2. The first kappa shape index (κ1) is 12.0. The van der Waals surface area contributed by atoms with Crippen LogP contribution >= 0.6 is 0 Å². The van der Waals surface area contributed by atoms with E-state index in [1.165, 1.54) is 13.3 Å². The first-order chi connectivity index (χ1) is 7.71. The van der Waals surface area contributed by atoms with E-state index in [1.54, 1.807) is 13.0 Å². The van der Waals surface area contributed by atoms with E-state index in [0.717, 1.165) is 0 Å². The van der Waals surface area contributed by atoms with Gasteiger partial charge in [0.15, 0.2) is 0 Å². The van der Waals surface area contributed by atoms with Gasteiger partial charge >= 0.3 is 5.97 Å². The molecule has 0 aliphatic rings. The number of carbonyl (C=O) groups excluding carboxylic acids is 1. The summed E-state index contributed by atoms with van der Waals surface area (Å²) < 4.78 is 9.79. The third-order valence-corrected chi connectivity index (χ3v) is 1.89. The third kappa shape index (κ3) is 2.95. The second-order valence-corrected chi connectivity index (χ2v) is 2.97. The molecular weight excluding hydrogens is 208 g/mol. The van der Waals surface area contributed by atoms with E-state index >= 15 is 0 Å². The summed E-state index contributed by atoms with van der Waals surface area (Å²) in [6.45, 7) is 2.08. The Balaban J connectivity index is 2.84. The Kier molecular flexibility index (Phi) is 4.28. The smallest absolute Gasteiger partial charge is 0.311 e. The lowest BCUT2D eigenvalue weighted by atomic mass is 10.2. The van der Waals surface area contributed by atoms with Crippen LogP contribution in [0, 0.1) is 11.3 Å². The van der Waals surface area contributed by atoms with Crippen LogP contribution in [0.4, 0.5) is 0 Å². The molecule has 1 aromatic rings. The van der Waals surface area contributed by atoms with Gasteiger partial charge in [-0.1, -0.05) is 0 Å². The topological polar surface area (TPSA) is 72.2 Å². The highest BCUT2D eigenvalue weighted by Crippen LogP contribution is 2.17. The van der Waals surface area contributed by atoms with Crippen LogP contribution in [0.2, 0.25) is 0 Å². The van der Waals surface area contributed by atoms with Crippen LogP contribution in [0.15, 0.2) is 12.3 Å². The van der Waals surface area contributed by atoms with E-state index in [9.17, 15) is 4.79 Å². The van der Waals surface area contributed by atoms with E-state index in [1.807, 2.05) is 6.07 Å². The molecule has 0 saturated carbocycles. The number of methoxy groups -OCH3 is 1. The van der Waals surface area contributed by atoms with E-state index < -0.39 is 0 Å². The number of hydrogen-bond donors (Lipinski definition) is 0. The second-order valence-electron chi connectivity index (χ2n) is 2.97. The summed E-state index contributed by atoms with van der Waals surface area (Å²) in [5, 5.41) is 8.74. The molecule has 0 radical (unpaired) electrons. The lowest BCUT2D eigenvalue weighted by Crippen LogP contribution is -2.09. The molecule has 0 spiro atoms. The monoisotopic (exact) mass is 220 g/mol. The molecule has 0 saturated heterocycles. The highest BCUT2D eigenvalue weighted by Gasteiger charge is 2.09. The van der Waals surface area contributed by atoms with Crippen LogP contribution in [-0.2, 0) is 16.0 Å². The number of esters is 1. The fraction of sp³-hybridized carbons (Fsp3) is 0.364. The van der Waals surface area contributed by atoms with Crippen LogP contribution in [0.1, 0.15) is 18.2 Å². The van der Waals surface area contributed by atoms with Crippen molar-refractivity contribution >= 4 is 5.97 Å². The first-order valence-corrected chi connectivity index (χ1v) is 4.79. The molecule has 16 heavy (non-hydrogen) atoms. The summed E-state index contributed by atoms with van der Waals surface area (Å²) in [6, 6.07) is 3.51. The number of hydrogen-bond acceptors (Lipinski definition) is 5. The summed E-state index contributed by atoms with van der Waals surface area (Å²) in [7, 11) is 1.46. The number of carbonyl (C=O) groups is 1. The van der Waals surface area contributed by atoms with Gasteiger partial charge in [-0.25, -0.2) is 0 Å². The first-order valence-electron chi connectivity index (χ1n) is 4.79. The SMILES string of the molecule is CCOC(=O)Cc1cc(OC)c(C#N)cn1. The van der Waals surface area contributed by atoms with Gasteiger partial charge in [-0.2, -0.15) is 5.26 Å². The predicted molar refractivity (Wildman–Crippen MR) is 55.8 cm³/mol. The molecule has 1 aromatic heterocycles. The molecule has 0 unspecified atom stereocenters.